The Morgan fingerprint density at radius 2 is 1.77 bits per heavy atom. The smallest absolute Gasteiger partial charge is 0.138 e. The van der Waals surface area contributed by atoms with Crippen LogP contribution >= 0.6 is 0 Å². The van der Waals surface area contributed by atoms with E-state index in [1.807, 2.05) is 20.8 Å². The van der Waals surface area contributed by atoms with Crippen molar-refractivity contribution >= 4 is 5.78 Å². The Morgan fingerprint density at radius 3 is 2.23 bits per heavy atom. The summed E-state index contributed by atoms with van der Waals surface area (Å²) >= 11 is 0. The zero-order chi connectivity index (χ0) is 10.3. The van der Waals surface area contributed by atoms with E-state index in [0.29, 0.717) is 5.78 Å². The van der Waals surface area contributed by atoms with Crippen molar-refractivity contribution in [3.63, 3.8) is 0 Å². The Morgan fingerprint density at radius 1 is 1.15 bits per heavy atom. The molecule has 0 aliphatic carbocycles. The van der Waals surface area contributed by atoms with E-state index in [1.165, 1.54) is 0 Å². The standard InChI is InChI=1S/C11H23NO/c1-9(2)11(13)10(3)7-5-4-6-8-12/h9-10H,4-8,12H2,1-3H3/t10-/m0/s1. The van der Waals surface area contributed by atoms with Gasteiger partial charge in [0, 0.05) is 11.8 Å². The first kappa shape index (κ1) is 12.6. The van der Waals surface area contributed by atoms with Gasteiger partial charge >= 0.3 is 0 Å². The highest BCUT2D eigenvalue weighted by Gasteiger charge is 2.15. The van der Waals surface area contributed by atoms with Crippen LogP contribution in [0.1, 0.15) is 46.5 Å². The molecule has 0 unspecified atom stereocenters. The van der Waals surface area contributed by atoms with E-state index in [1.54, 1.807) is 0 Å². The second-order valence-electron chi connectivity index (χ2n) is 4.10. The van der Waals surface area contributed by atoms with Crippen molar-refractivity contribution in [1.29, 1.82) is 0 Å². The molecule has 0 aliphatic rings. The Labute approximate surface area is 81.9 Å². The molecule has 0 aliphatic heterocycles. The Bertz CT molecular complexity index is 143. The summed E-state index contributed by atoms with van der Waals surface area (Å²) < 4.78 is 0. The van der Waals surface area contributed by atoms with E-state index in [9.17, 15) is 4.79 Å². The summed E-state index contributed by atoms with van der Waals surface area (Å²) in [6, 6.07) is 0. The molecule has 13 heavy (non-hydrogen) atoms. The van der Waals surface area contributed by atoms with E-state index >= 15 is 0 Å². The van der Waals surface area contributed by atoms with Crippen LogP contribution in [0.3, 0.4) is 0 Å². The average Bonchev–Trinajstić information content (AvgIpc) is 2.10. The van der Waals surface area contributed by atoms with Crippen LogP contribution in [-0.2, 0) is 4.79 Å². The maximum Gasteiger partial charge on any atom is 0.138 e. The van der Waals surface area contributed by atoms with E-state index in [2.05, 4.69) is 0 Å². The zero-order valence-corrected chi connectivity index (χ0v) is 9.18. The molecule has 0 aromatic heterocycles. The predicted molar refractivity (Wildman–Crippen MR) is 56.5 cm³/mol. The summed E-state index contributed by atoms with van der Waals surface area (Å²) in [4.78, 5) is 11.5. The number of unbranched alkanes of at least 4 members (excludes halogenated alkanes) is 2. The Hall–Kier alpha value is -0.370. The van der Waals surface area contributed by atoms with Crippen molar-refractivity contribution in [2.45, 2.75) is 46.5 Å². The second-order valence-corrected chi connectivity index (χ2v) is 4.10. The van der Waals surface area contributed by atoms with Crippen LogP contribution in [-0.4, -0.2) is 12.3 Å². The lowest BCUT2D eigenvalue weighted by Crippen LogP contribution is -2.16. The van der Waals surface area contributed by atoms with E-state index in [4.69, 9.17) is 5.73 Å². The van der Waals surface area contributed by atoms with Crippen LogP contribution in [0.5, 0.6) is 0 Å². The maximum atomic E-state index is 11.5. The molecule has 78 valence electrons. The lowest BCUT2D eigenvalue weighted by molar-refractivity contribution is -0.125. The maximum absolute atomic E-state index is 11.5. The van der Waals surface area contributed by atoms with Crippen LogP contribution in [0.25, 0.3) is 0 Å². The normalized spacial score (nSPS) is 13.3. The van der Waals surface area contributed by atoms with Gasteiger partial charge in [-0.3, -0.25) is 4.79 Å². The van der Waals surface area contributed by atoms with Crippen molar-refractivity contribution in [2.24, 2.45) is 17.6 Å². The molecule has 0 rings (SSSR count). The summed E-state index contributed by atoms with van der Waals surface area (Å²) in [5.74, 6) is 0.815. The number of hydrogen-bond donors (Lipinski definition) is 1. The highest BCUT2D eigenvalue weighted by molar-refractivity contribution is 5.82. The molecule has 0 aromatic rings. The molecule has 2 N–H and O–H groups in total. The molecule has 2 nitrogen and oxygen atoms in total. The molecule has 1 atom stereocenters. The van der Waals surface area contributed by atoms with Crippen molar-refractivity contribution < 1.29 is 4.79 Å². The predicted octanol–water partition coefficient (Wildman–Crippen LogP) is 2.37. The summed E-state index contributed by atoms with van der Waals surface area (Å²) in [5, 5.41) is 0. The zero-order valence-electron chi connectivity index (χ0n) is 9.18. The summed E-state index contributed by atoms with van der Waals surface area (Å²) in [6.45, 7) is 6.74. The van der Waals surface area contributed by atoms with E-state index in [0.717, 1.165) is 32.2 Å². The van der Waals surface area contributed by atoms with Crippen LogP contribution < -0.4 is 5.73 Å². The lowest BCUT2D eigenvalue weighted by atomic mass is 9.92. The van der Waals surface area contributed by atoms with Gasteiger partial charge in [0.05, 0.1) is 0 Å². The number of carbonyl (C=O) groups excluding carboxylic acids is 1. The number of ketones is 1. The van der Waals surface area contributed by atoms with Crippen LogP contribution in [0.2, 0.25) is 0 Å². The van der Waals surface area contributed by atoms with E-state index in [-0.39, 0.29) is 11.8 Å². The van der Waals surface area contributed by atoms with Crippen molar-refractivity contribution in [1.82, 2.24) is 0 Å². The highest BCUT2D eigenvalue weighted by Crippen LogP contribution is 2.14. The molecule has 0 bridgehead atoms. The molecule has 0 amide bonds. The first-order valence-electron chi connectivity index (χ1n) is 5.33. The number of hydrogen-bond acceptors (Lipinski definition) is 2. The molecular formula is C11H23NO. The lowest BCUT2D eigenvalue weighted by Gasteiger charge is -2.12. The average molecular weight is 185 g/mol. The molecule has 0 heterocycles. The molecule has 0 spiro atoms. The number of rotatable bonds is 7. The van der Waals surface area contributed by atoms with Crippen molar-refractivity contribution in [3.8, 4) is 0 Å². The summed E-state index contributed by atoms with van der Waals surface area (Å²) in [6.07, 6.45) is 4.41. The number of carbonyl (C=O) groups is 1. The van der Waals surface area contributed by atoms with Gasteiger partial charge < -0.3 is 5.73 Å². The Kier molecular flexibility index (Phi) is 6.87. The van der Waals surface area contributed by atoms with Gasteiger partial charge in [0.25, 0.3) is 0 Å². The minimum Gasteiger partial charge on any atom is -0.330 e. The number of nitrogens with two attached hydrogens (primary N) is 1. The fourth-order valence-electron chi connectivity index (χ4n) is 1.48. The summed E-state index contributed by atoms with van der Waals surface area (Å²) in [7, 11) is 0. The largest absolute Gasteiger partial charge is 0.330 e. The minimum atomic E-state index is 0.185. The van der Waals surface area contributed by atoms with Gasteiger partial charge in [0.1, 0.15) is 5.78 Å². The third kappa shape index (κ3) is 5.81. The molecule has 2 heteroatoms. The third-order valence-electron chi connectivity index (χ3n) is 2.40. The third-order valence-corrected chi connectivity index (χ3v) is 2.40. The SMILES string of the molecule is CC(C)C(=O)[C@@H](C)CCCCCN. The molecule has 0 saturated heterocycles. The molecule has 0 radical (unpaired) electrons. The van der Waals surface area contributed by atoms with Crippen LogP contribution in [0.4, 0.5) is 0 Å². The van der Waals surface area contributed by atoms with Gasteiger partial charge in [-0.2, -0.15) is 0 Å². The monoisotopic (exact) mass is 185 g/mol. The second kappa shape index (κ2) is 7.07. The quantitative estimate of drug-likeness (QED) is 0.619. The van der Waals surface area contributed by atoms with E-state index < -0.39 is 0 Å². The highest BCUT2D eigenvalue weighted by atomic mass is 16.1. The van der Waals surface area contributed by atoms with Crippen LogP contribution in [0.15, 0.2) is 0 Å². The van der Waals surface area contributed by atoms with Gasteiger partial charge in [0.2, 0.25) is 0 Å². The first-order valence-corrected chi connectivity index (χ1v) is 5.33. The van der Waals surface area contributed by atoms with Gasteiger partial charge in [-0.25, -0.2) is 0 Å². The molecule has 0 aromatic carbocycles. The van der Waals surface area contributed by atoms with Gasteiger partial charge in [0.15, 0.2) is 0 Å². The van der Waals surface area contributed by atoms with Crippen molar-refractivity contribution in [2.75, 3.05) is 6.54 Å². The molecule has 0 fully saturated rings. The minimum absolute atomic E-state index is 0.185. The van der Waals surface area contributed by atoms with Crippen LogP contribution in [0, 0.1) is 11.8 Å². The van der Waals surface area contributed by atoms with Crippen molar-refractivity contribution in [3.05, 3.63) is 0 Å². The Balaban J connectivity index is 3.50. The summed E-state index contributed by atoms with van der Waals surface area (Å²) in [5.41, 5.74) is 5.39. The van der Waals surface area contributed by atoms with Gasteiger partial charge in [-0.1, -0.05) is 33.6 Å². The molecule has 0 saturated carbocycles. The topological polar surface area (TPSA) is 43.1 Å². The van der Waals surface area contributed by atoms with Gasteiger partial charge in [-0.05, 0) is 19.4 Å². The fraction of sp³-hybridized carbons (Fsp3) is 0.909. The first-order chi connectivity index (χ1) is 6.09. The molecular weight excluding hydrogens is 162 g/mol. The van der Waals surface area contributed by atoms with Gasteiger partial charge in [-0.15, -0.1) is 0 Å². The fourth-order valence-corrected chi connectivity index (χ4v) is 1.48. The number of Topliss-reactive ketones (excluding diaryl/α,β-unsaturated/α-hetero) is 1.